The van der Waals surface area contributed by atoms with Gasteiger partial charge in [-0.3, -0.25) is 13.9 Å². The maximum Gasteiger partial charge on any atom is 0.264 e. The largest absolute Gasteiger partial charge is 0.495 e. The second kappa shape index (κ2) is 13.9. The molecule has 2 amide bonds. The van der Waals surface area contributed by atoms with Crippen LogP contribution in [0.5, 0.6) is 5.75 Å². The van der Waals surface area contributed by atoms with E-state index in [1.54, 1.807) is 73.7 Å². The third-order valence-corrected chi connectivity index (χ3v) is 9.37. The molecule has 41 heavy (non-hydrogen) atoms. The first-order chi connectivity index (χ1) is 19.7. The van der Waals surface area contributed by atoms with Gasteiger partial charge in [0.2, 0.25) is 11.8 Å². The second-order valence-corrected chi connectivity index (χ2v) is 12.5. The van der Waals surface area contributed by atoms with Crippen LogP contribution in [0.1, 0.15) is 44.6 Å². The van der Waals surface area contributed by atoms with Crippen LogP contribution in [0, 0.1) is 0 Å². The molecular weight excluding hydrogens is 562 g/mol. The van der Waals surface area contributed by atoms with Crippen molar-refractivity contribution < 1.29 is 22.7 Å². The molecule has 0 heterocycles. The quantitative estimate of drug-likeness (QED) is 0.319. The lowest BCUT2D eigenvalue weighted by molar-refractivity contribution is -0.139. The number of hydrogen-bond donors (Lipinski definition) is 1. The summed E-state index contributed by atoms with van der Waals surface area (Å²) in [7, 11) is -2.73. The summed E-state index contributed by atoms with van der Waals surface area (Å²) in [5, 5.41) is 3.65. The minimum atomic E-state index is -4.17. The van der Waals surface area contributed by atoms with Gasteiger partial charge >= 0.3 is 0 Å². The molecule has 0 bridgehead atoms. The molecule has 218 valence electrons. The summed E-state index contributed by atoms with van der Waals surface area (Å²) in [6.07, 6.45) is 5.06. The lowest BCUT2D eigenvalue weighted by atomic mass is 9.95. The number of hydrogen-bond acceptors (Lipinski definition) is 5. The average molecular weight is 598 g/mol. The van der Waals surface area contributed by atoms with Crippen molar-refractivity contribution in [2.24, 2.45) is 0 Å². The maximum absolute atomic E-state index is 14.1. The van der Waals surface area contributed by atoms with Gasteiger partial charge in [-0.25, -0.2) is 8.42 Å². The van der Waals surface area contributed by atoms with Crippen LogP contribution in [-0.4, -0.2) is 50.9 Å². The molecule has 0 aliphatic heterocycles. The van der Waals surface area contributed by atoms with Crippen LogP contribution < -0.4 is 14.4 Å². The van der Waals surface area contributed by atoms with Crippen molar-refractivity contribution in [2.75, 3.05) is 18.0 Å². The fraction of sp³-hybridized carbons (Fsp3) is 0.355. The molecule has 1 aliphatic carbocycles. The zero-order chi connectivity index (χ0) is 29.4. The predicted octanol–water partition coefficient (Wildman–Crippen LogP) is 5.41. The number of sulfonamides is 1. The SMILES string of the molecule is COc1ccccc1N(CC(=O)N(Cc1ccc(Cl)cc1)C(C)C(=O)NC1CCCCC1)S(=O)(=O)c1ccccc1. The van der Waals surface area contributed by atoms with Crippen LogP contribution in [0.3, 0.4) is 0 Å². The van der Waals surface area contributed by atoms with Crippen molar-refractivity contribution in [3.8, 4) is 5.75 Å². The van der Waals surface area contributed by atoms with Crippen LogP contribution in [0.25, 0.3) is 0 Å². The first-order valence-corrected chi connectivity index (χ1v) is 15.6. The zero-order valence-corrected chi connectivity index (χ0v) is 24.9. The van der Waals surface area contributed by atoms with Crippen LogP contribution >= 0.6 is 11.6 Å². The molecule has 0 saturated heterocycles. The summed E-state index contributed by atoms with van der Waals surface area (Å²) in [4.78, 5) is 28.9. The Balaban J connectivity index is 1.69. The molecule has 3 aromatic rings. The van der Waals surface area contributed by atoms with E-state index in [2.05, 4.69) is 5.32 Å². The fourth-order valence-electron chi connectivity index (χ4n) is 5.01. The fourth-order valence-corrected chi connectivity index (χ4v) is 6.58. The molecule has 1 aliphatic rings. The van der Waals surface area contributed by atoms with Crippen LogP contribution in [0.2, 0.25) is 5.02 Å². The molecule has 1 saturated carbocycles. The first-order valence-electron chi connectivity index (χ1n) is 13.8. The van der Waals surface area contributed by atoms with E-state index in [4.69, 9.17) is 16.3 Å². The first kappa shape index (κ1) is 30.4. The van der Waals surface area contributed by atoms with E-state index in [9.17, 15) is 18.0 Å². The topological polar surface area (TPSA) is 96.0 Å². The van der Waals surface area contributed by atoms with Crippen LogP contribution in [0.15, 0.2) is 83.8 Å². The Morgan fingerprint density at radius 1 is 0.951 bits per heavy atom. The van der Waals surface area contributed by atoms with E-state index < -0.39 is 28.5 Å². The van der Waals surface area contributed by atoms with E-state index in [1.165, 1.54) is 24.1 Å². The van der Waals surface area contributed by atoms with Gasteiger partial charge < -0.3 is 15.0 Å². The number of rotatable bonds is 11. The number of nitrogens with one attached hydrogen (secondary N) is 1. The van der Waals surface area contributed by atoms with E-state index in [1.807, 2.05) is 0 Å². The van der Waals surface area contributed by atoms with Crippen molar-refractivity contribution in [1.82, 2.24) is 10.2 Å². The normalized spacial score (nSPS) is 14.6. The summed E-state index contributed by atoms with van der Waals surface area (Å²) >= 11 is 6.08. The highest BCUT2D eigenvalue weighted by atomic mass is 35.5. The minimum absolute atomic E-state index is 0.0334. The van der Waals surface area contributed by atoms with Gasteiger partial charge in [0.15, 0.2) is 0 Å². The molecule has 1 fully saturated rings. The molecular formula is C31H36ClN3O5S. The number of ether oxygens (including phenoxy) is 1. The van der Waals surface area contributed by atoms with Gasteiger partial charge in [-0.15, -0.1) is 0 Å². The summed E-state index contributed by atoms with van der Waals surface area (Å²) in [6, 6.07) is 20.8. The maximum atomic E-state index is 14.1. The number of carbonyl (C=O) groups excluding carboxylic acids is 2. The molecule has 1 atom stereocenters. The lowest BCUT2D eigenvalue weighted by Gasteiger charge is -2.33. The molecule has 0 spiro atoms. The van der Waals surface area contributed by atoms with Crippen molar-refractivity contribution in [1.29, 1.82) is 0 Å². The van der Waals surface area contributed by atoms with E-state index in [0.717, 1.165) is 42.0 Å². The second-order valence-electron chi connectivity index (χ2n) is 10.2. The van der Waals surface area contributed by atoms with E-state index >= 15 is 0 Å². The highest BCUT2D eigenvalue weighted by molar-refractivity contribution is 7.92. The lowest BCUT2D eigenvalue weighted by Crippen LogP contribution is -2.53. The van der Waals surface area contributed by atoms with Gasteiger partial charge in [-0.05, 0) is 61.7 Å². The van der Waals surface area contributed by atoms with Crippen molar-refractivity contribution in [2.45, 2.75) is 62.6 Å². The molecule has 4 rings (SSSR count). The molecule has 10 heteroatoms. The summed E-state index contributed by atoms with van der Waals surface area (Å²) in [5.74, 6) is -0.502. The third-order valence-electron chi connectivity index (χ3n) is 7.35. The zero-order valence-electron chi connectivity index (χ0n) is 23.3. The number of benzene rings is 3. The standard InChI is InChI=1S/C31H36ClN3O5S/c1-23(31(37)33-26-11-5-3-6-12-26)34(21-24-17-19-25(32)20-18-24)30(36)22-35(28-15-9-10-16-29(28)40-2)41(38,39)27-13-7-4-8-14-27/h4,7-10,13-20,23,26H,3,5-6,11-12,21-22H2,1-2H3,(H,33,37). The molecule has 0 radical (unpaired) electrons. The van der Waals surface area contributed by atoms with Gasteiger partial charge in [0.25, 0.3) is 10.0 Å². The summed E-state index contributed by atoms with van der Waals surface area (Å²) in [5.41, 5.74) is 0.979. The summed E-state index contributed by atoms with van der Waals surface area (Å²) in [6.45, 7) is 1.23. The highest BCUT2D eigenvalue weighted by Crippen LogP contribution is 2.32. The smallest absolute Gasteiger partial charge is 0.264 e. The number of carbonyl (C=O) groups is 2. The molecule has 1 unspecified atom stereocenters. The molecule has 1 N–H and O–H groups in total. The van der Waals surface area contributed by atoms with E-state index in [0.29, 0.717) is 10.8 Å². The molecule has 0 aromatic heterocycles. The van der Waals surface area contributed by atoms with Gasteiger partial charge in [0, 0.05) is 17.6 Å². The molecule has 3 aromatic carbocycles. The van der Waals surface area contributed by atoms with Crippen LogP contribution in [0.4, 0.5) is 5.69 Å². The number of amides is 2. The number of halogens is 1. The Morgan fingerprint density at radius 3 is 2.24 bits per heavy atom. The van der Waals surface area contributed by atoms with Crippen LogP contribution in [-0.2, 0) is 26.2 Å². The minimum Gasteiger partial charge on any atom is -0.495 e. The van der Waals surface area contributed by atoms with Gasteiger partial charge in [-0.2, -0.15) is 0 Å². The Morgan fingerprint density at radius 2 is 1.59 bits per heavy atom. The number of anilines is 1. The van der Waals surface area contributed by atoms with Crippen molar-refractivity contribution in [3.63, 3.8) is 0 Å². The molecule has 8 nitrogen and oxygen atoms in total. The Kier molecular flexibility index (Phi) is 10.3. The average Bonchev–Trinajstić information content (AvgIpc) is 3.00. The summed E-state index contributed by atoms with van der Waals surface area (Å²) < 4.78 is 34.4. The number of para-hydroxylation sites is 2. The Labute approximate surface area is 247 Å². The van der Waals surface area contributed by atoms with Gasteiger partial charge in [-0.1, -0.05) is 73.3 Å². The monoisotopic (exact) mass is 597 g/mol. The van der Waals surface area contributed by atoms with Gasteiger partial charge in [0.1, 0.15) is 18.3 Å². The third kappa shape index (κ3) is 7.59. The van der Waals surface area contributed by atoms with Crippen molar-refractivity contribution >= 4 is 39.1 Å². The number of nitrogens with zero attached hydrogens (tertiary/aromatic N) is 2. The van der Waals surface area contributed by atoms with Crippen molar-refractivity contribution in [3.05, 3.63) is 89.4 Å². The van der Waals surface area contributed by atoms with E-state index in [-0.39, 0.29) is 29.1 Å². The Bertz CT molecular complexity index is 1430. The Hall–Kier alpha value is -3.56. The number of methoxy groups -OCH3 is 1. The highest BCUT2D eigenvalue weighted by Gasteiger charge is 2.34. The van der Waals surface area contributed by atoms with Gasteiger partial charge in [0.05, 0.1) is 17.7 Å². The predicted molar refractivity (Wildman–Crippen MR) is 160 cm³/mol.